The minimum Gasteiger partial charge on any atom is -0.334 e. The van der Waals surface area contributed by atoms with E-state index in [9.17, 15) is 13.6 Å². The summed E-state index contributed by atoms with van der Waals surface area (Å²) in [7, 11) is 1.55. The molecule has 114 valence electrons. The zero-order valence-electron chi connectivity index (χ0n) is 11.5. The van der Waals surface area contributed by atoms with Gasteiger partial charge >= 0.3 is 6.55 Å². The number of aromatic nitrogens is 4. The van der Waals surface area contributed by atoms with Crippen LogP contribution < -0.4 is 0 Å². The van der Waals surface area contributed by atoms with Crippen LogP contribution in [0.5, 0.6) is 0 Å². The van der Waals surface area contributed by atoms with Gasteiger partial charge in [-0.1, -0.05) is 11.6 Å². The highest BCUT2D eigenvalue weighted by Crippen LogP contribution is 2.18. The van der Waals surface area contributed by atoms with Crippen LogP contribution in [-0.4, -0.2) is 37.4 Å². The van der Waals surface area contributed by atoms with Gasteiger partial charge in [0.25, 0.3) is 5.91 Å². The van der Waals surface area contributed by atoms with Gasteiger partial charge in [0.2, 0.25) is 0 Å². The Morgan fingerprint density at radius 1 is 1.52 bits per heavy atom. The Labute approximate surface area is 124 Å². The number of hydrogen-bond acceptors (Lipinski definition) is 3. The Kier molecular flexibility index (Phi) is 4.56. The average Bonchev–Trinajstić information content (AvgIpc) is 3.06. The molecule has 0 aliphatic carbocycles. The van der Waals surface area contributed by atoms with Crippen LogP contribution in [0.25, 0.3) is 0 Å². The minimum atomic E-state index is -2.77. The molecule has 2 heterocycles. The molecule has 0 fully saturated rings. The van der Waals surface area contributed by atoms with Crippen LogP contribution in [0.4, 0.5) is 8.78 Å². The maximum Gasteiger partial charge on any atom is 0.333 e. The van der Waals surface area contributed by atoms with E-state index in [1.165, 1.54) is 17.2 Å². The van der Waals surface area contributed by atoms with Crippen molar-refractivity contribution in [3.8, 4) is 0 Å². The average molecular weight is 318 g/mol. The molecule has 0 radical (unpaired) electrons. The zero-order chi connectivity index (χ0) is 15.6. The van der Waals surface area contributed by atoms with E-state index in [-0.39, 0.29) is 12.2 Å². The van der Waals surface area contributed by atoms with Gasteiger partial charge in [0, 0.05) is 19.8 Å². The summed E-state index contributed by atoms with van der Waals surface area (Å²) in [6.45, 7) is -0.0383. The first-order valence-corrected chi connectivity index (χ1v) is 6.60. The largest absolute Gasteiger partial charge is 0.334 e. The molecule has 21 heavy (non-hydrogen) atoms. The molecule has 6 nitrogen and oxygen atoms in total. The molecule has 2 aromatic rings. The molecule has 0 N–H and O–H groups in total. The van der Waals surface area contributed by atoms with Gasteiger partial charge in [0.15, 0.2) is 5.69 Å². The molecule has 0 aliphatic heterocycles. The lowest BCUT2D eigenvalue weighted by Gasteiger charge is -2.17. The molecular formula is C12H14ClF2N5O. The number of halogens is 3. The van der Waals surface area contributed by atoms with Crippen molar-refractivity contribution in [3.05, 3.63) is 34.9 Å². The van der Waals surface area contributed by atoms with Gasteiger partial charge in [-0.3, -0.25) is 9.48 Å². The summed E-state index contributed by atoms with van der Waals surface area (Å²) in [5.74, 6) is -0.464. The molecule has 0 unspecified atom stereocenters. The first kappa shape index (κ1) is 15.4. The van der Waals surface area contributed by atoms with E-state index in [4.69, 9.17) is 11.6 Å². The van der Waals surface area contributed by atoms with Gasteiger partial charge in [-0.2, -0.15) is 19.0 Å². The minimum absolute atomic E-state index is 0.0449. The van der Waals surface area contributed by atoms with Crippen LogP contribution in [0.15, 0.2) is 18.5 Å². The van der Waals surface area contributed by atoms with Gasteiger partial charge in [0.05, 0.1) is 23.5 Å². The molecule has 0 saturated carbocycles. The first-order chi connectivity index (χ1) is 9.93. The molecule has 2 rings (SSSR count). The fraction of sp³-hybridized carbons (Fsp3) is 0.417. The second-order valence-electron chi connectivity index (χ2n) is 4.37. The number of amides is 1. The monoisotopic (exact) mass is 317 g/mol. The van der Waals surface area contributed by atoms with E-state index >= 15 is 0 Å². The Morgan fingerprint density at radius 2 is 2.24 bits per heavy atom. The topological polar surface area (TPSA) is 56.0 Å². The highest BCUT2D eigenvalue weighted by molar-refractivity contribution is 6.31. The van der Waals surface area contributed by atoms with Crippen LogP contribution in [0.1, 0.15) is 29.7 Å². The summed E-state index contributed by atoms with van der Waals surface area (Å²) >= 11 is 6.02. The molecule has 2 aromatic heterocycles. The summed E-state index contributed by atoms with van der Waals surface area (Å²) in [4.78, 5) is 13.5. The third-order valence-electron chi connectivity index (χ3n) is 2.96. The van der Waals surface area contributed by atoms with Crippen molar-refractivity contribution in [3.63, 3.8) is 0 Å². The Balaban J connectivity index is 2.13. The van der Waals surface area contributed by atoms with E-state index in [1.807, 2.05) is 6.92 Å². The zero-order valence-corrected chi connectivity index (χ0v) is 12.3. The fourth-order valence-corrected chi connectivity index (χ4v) is 2.07. The normalized spacial score (nSPS) is 11.1. The lowest BCUT2D eigenvalue weighted by molar-refractivity contribution is 0.0553. The van der Waals surface area contributed by atoms with Gasteiger partial charge in [0.1, 0.15) is 0 Å². The first-order valence-electron chi connectivity index (χ1n) is 6.23. The number of hydrogen-bond donors (Lipinski definition) is 0. The Morgan fingerprint density at radius 3 is 2.81 bits per heavy atom. The Bertz CT molecular complexity index is 639. The number of aryl methyl sites for hydroxylation is 1. The van der Waals surface area contributed by atoms with Gasteiger partial charge in [-0.15, -0.1) is 0 Å². The molecule has 1 amide bonds. The fourth-order valence-electron chi connectivity index (χ4n) is 1.87. The van der Waals surface area contributed by atoms with E-state index < -0.39 is 12.5 Å². The molecule has 9 heteroatoms. The maximum atomic E-state index is 12.4. The smallest absolute Gasteiger partial charge is 0.333 e. The second-order valence-corrected chi connectivity index (χ2v) is 4.78. The van der Waals surface area contributed by atoms with E-state index in [2.05, 4.69) is 10.2 Å². The highest BCUT2D eigenvalue weighted by Gasteiger charge is 2.19. The lowest BCUT2D eigenvalue weighted by atomic mass is 10.3. The van der Waals surface area contributed by atoms with E-state index in [0.717, 1.165) is 6.20 Å². The SMILES string of the molecule is CCn1ncc(Cl)c1CN(C)C(=O)c1ccn(C(F)F)n1. The van der Waals surface area contributed by atoms with Gasteiger partial charge in [-0.05, 0) is 13.0 Å². The van der Waals surface area contributed by atoms with Crippen molar-refractivity contribution in [2.45, 2.75) is 26.6 Å². The van der Waals surface area contributed by atoms with E-state index in [1.54, 1.807) is 11.7 Å². The molecule has 0 atom stereocenters. The quantitative estimate of drug-likeness (QED) is 0.851. The number of rotatable bonds is 5. The number of alkyl halides is 2. The predicted molar refractivity (Wildman–Crippen MR) is 72.2 cm³/mol. The third kappa shape index (κ3) is 3.21. The molecule has 0 bridgehead atoms. The third-order valence-corrected chi connectivity index (χ3v) is 3.27. The van der Waals surface area contributed by atoms with Crippen molar-refractivity contribution in [1.29, 1.82) is 0 Å². The van der Waals surface area contributed by atoms with Crippen molar-refractivity contribution in [2.75, 3.05) is 7.05 Å². The number of carbonyl (C=O) groups excluding carboxylic acids is 1. The summed E-state index contributed by atoms with van der Waals surface area (Å²) in [6.07, 6.45) is 2.57. The summed E-state index contributed by atoms with van der Waals surface area (Å²) in [6, 6.07) is 1.25. The van der Waals surface area contributed by atoms with Crippen molar-refractivity contribution in [1.82, 2.24) is 24.5 Å². The van der Waals surface area contributed by atoms with Gasteiger partial charge < -0.3 is 4.90 Å². The highest BCUT2D eigenvalue weighted by atomic mass is 35.5. The molecule has 0 aliphatic rings. The maximum absolute atomic E-state index is 12.4. The summed E-state index contributed by atoms with van der Waals surface area (Å²) < 4.78 is 27.0. The summed E-state index contributed by atoms with van der Waals surface area (Å²) in [5.41, 5.74) is 0.639. The van der Waals surface area contributed by atoms with Crippen molar-refractivity contribution >= 4 is 17.5 Å². The van der Waals surface area contributed by atoms with E-state index in [0.29, 0.717) is 21.9 Å². The standard InChI is InChI=1S/C12H14ClF2N5O/c1-3-19-10(8(13)6-16-19)7-18(2)11(21)9-4-5-20(17-9)12(14)15/h4-6,12H,3,7H2,1-2H3. The number of carbonyl (C=O) groups is 1. The molecular weight excluding hydrogens is 304 g/mol. The second kappa shape index (κ2) is 6.21. The van der Waals surface area contributed by atoms with Crippen LogP contribution >= 0.6 is 11.6 Å². The predicted octanol–water partition coefficient (Wildman–Crippen LogP) is 2.42. The van der Waals surface area contributed by atoms with Crippen LogP contribution in [-0.2, 0) is 13.1 Å². The van der Waals surface area contributed by atoms with Crippen LogP contribution in [0.2, 0.25) is 5.02 Å². The molecule has 0 aromatic carbocycles. The van der Waals surface area contributed by atoms with Gasteiger partial charge in [-0.25, -0.2) is 4.68 Å². The lowest BCUT2D eigenvalue weighted by Crippen LogP contribution is -2.28. The van der Waals surface area contributed by atoms with Crippen molar-refractivity contribution in [2.24, 2.45) is 0 Å². The molecule has 0 saturated heterocycles. The van der Waals surface area contributed by atoms with Crippen molar-refractivity contribution < 1.29 is 13.6 Å². The molecule has 0 spiro atoms. The number of nitrogens with zero attached hydrogens (tertiary/aromatic N) is 5. The Hall–Kier alpha value is -1.96. The van der Waals surface area contributed by atoms with Crippen LogP contribution in [0.3, 0.4) is 0 Å². The summed E-state index contributed by atoms with van der Waals surface area (Å²) in [5, 5.41) is 8.07. The van der Waals surface area contributed by atoms with Crippen LogP contribution in [0, 0.1) is 0 Å².